The summed E-state index contributed by atoms with van der Waals surface area (Å²) < 4.78 is 5.84. The lowest BCUT2D eigenvalue weighted by Gasteiger charge is -2.19. The van der Waals surface area contributed by atoms with Crippen LogP contribution in [0.3, 0.4) is 0 Å². The molecule has 0 aromatic heterocycles. The van der Waals surface area contributed by atoms with Crippen LogP contribution in [0.2, 0.25) is 0 Å². The second-order valence-electron chi connectivity index (χ2n) is 6.70. The van der Waals surface area contributed by atoms with E-state index in [1.165, 1.54) is 5.56 Å². The average Bonchev–Trinajstić information content (AvgIpc) is 2.67. The summed E-state index contributed by atoms with van der Waals surface area (Å²) >= 11 is 0. The molecule has 3 aromatic rings. The molecule has 3 rings (SSSR count). The molecule has 2 atom stereocenters. The van der Waals surface area contributed by atoms with Crippen LogP contribution < -0.4 is 10.1 Å². The Morgan fingerprint density at radius 3 is 2.38 bits per heavy atom. The number of carbonyl (C=O) groups is 1. The van der Waals surface area contributed by atoms with E-state index in [-0.39, 0.29) is 11.9 Å². The molecule has 0 spiro atoms. The highest BCUT2D eigenvalue weighted by molar-refractivity contribution is 5.84. The molecule has 1 amide bonds. The van der Waals surface area contributed by atoms with E-state index in [0.717, 1.165) is 23.6 Å². The number of amides is 1. The van der Waals surface area contributed by atoms with Crippen molar-refractivity contribution in [2.24, 2.45) is 0 Å². The number of hydrogen-bond acceptors (Lipinski definition) is 2. The summed E-state index contributed by atoms with van der Waals surface area (Å²) in [6.45, 7) is 3.82. The first kappa shape index (κ1) is 18.0. The van der Waals surface area contributed by atoms with Gasteiger partial charge in [0, 0.05) is 6.04 Å². The van der Waals surface area contributed by atoms with Gasteiger partial charge in [-0.1, -0.05) is 60.7 Å². The molecule has 0 saturated heterocycles. The minimum atomic E-state index is -0.532. The van der Waals surface area contributed by atoms with Crippen LogP contribution in [0, 0.1) is 0 Å². The van der Waals surface area contributed by atoms with Gasteiger partial charge in [-0.15, -0.1) is 0 Å². The topological polar surface area (TPSA) is 38.3 Å². The number of benzene rings is 3. The Morgan fingerprint density at radius 1 is 0.923 bits per heavy atom. The van der Waals surface area contributed by atoms with Crippen LogP contribution in [0.4, 0.5) is 0 Å². The van der Waals surface area contributed by atoms with E-state index in [1.54, 1.807) is 6.92 Å². The molecule has 0 aliphatic rings. The molecule has 3 aromatic carbocycles. The van der Waals surface area contributed by atoms with E-state index < -0.39 is 6.10 Å². The summed E-state index contributed by atoms with van der Waals surface area (Å²) in [5.41, 5.74) is 1.29. The molecular formula is C23H25NO2. The van der Waals surface area contributed by atoms with Crippen molar-refractivity contribution in [3.8, 4) is 5.75 Å². The molecule has 0 bridgehead atoms. The number of ether oxygens (including phenoxy) is 1. The molecule has 134 valence electrons. The zero-order chi connectivity index (χ0) is 18.4. The largest absolute Gasteiger partial charge is 0.481 e. The Kier molecular flexibility index (Phi) is 5.90. The molecule has 1 N–H and O–H groups in total. The fourth-order valence-corrected chi connectivity index (χ4v) is 2.96. The van der Waals surface area contributed by atoms with Gasteiger partial charge >= 0.3 is 0 Å². The van der Waals surface area contributed by atoms with Gasteiger partial charge < -0.3 is 10.1 Å². The predicted octanol–water partition coefficient (Wildman–Crippen LogP) is 4.74. The van der Waals surface area contributed by atoms with Crippen molar-refractivity contribution in [1.29, 1.82) is 0 Å². The lowest BCUT2D eigenvalue weighted by atomic mass is 10.1. The molecule has 0 heterocycles. The van der Waals surface area contributed by atoms with Crippen molar-refractivity contribution in [2.75, 3.05) is 0 Å². The monoisotopic (exact) mass is 347 g/mol. The first-order valence-corrected chi connectivity index (χ1v) is 9.11. The van der Waals surface area contributed by atoms with Gasteiger partial charge in [0.1, 0.15) is 5.75 Å². The van der Waals surface area contributed by atoms with Crippen LogP contribution in [0.1, 0.15) is 25.8 Å². The van der Waals surface area contributed by atoms with Crippen molar-refractivity contribution in [2.45, 2.75) is 38.8 Å². The van der Waals surface area contributed by atoms with Gasteiger partial charge in [-0.05, 0) is 55.2 Å². The Balaban J connectivity index is 1.51. The fraction of sp³-hybridized carbons (Fsp3) is 0.261. The van der Waals surface area contributed by atoms with Crippen LogP contribution in [0.15, 0.2) is 72.8 Å². The van der Waals surface area contributed by atoms with Gasteiger partial charge in [0.15, 0.2) is 6.10 Å². The van der Waals surface area contributed by atoms with Gasteiger partial charge in [-0.25, -0.2) is 0 Å². The van der Waals surface area contributed by atoms with Crippen LogP contribution in [0.5, 0.6) is 5.75 Å². The lowest BCUT2D eigenvalue weighted by molar-refractivity contribution is -0.127. The molecule has 0 unspecified atom stereocenters. The normalized spacial score (nSPS) is 13.2. The van der Waals surface area contributed by atoms with Gasteiger partial charge in [0.25, 0.3) is 5.91 Å². The van der Waals surface area contributed by atoms with E-state index in [2.05, 4.69) is 23.5 Å². The van der Waals surface area contributed by atoms with E-state index in [9.17, 15) is 4.79 Å². The number of rotatable bonds is 7. The lowest BCUT2D eigenvalue weighted by Crippen LogP contribution is -2.41. The van der Waals surface area contributed by atoms with Crippen LogP contribution in [0.25, 0.3) is 10.8 Å². The standard InChI is InChI=1S/C23H25NO2/c1-17(12-13-19-8-4-3-5-9-19)24-23(25)18(2)26-22-15-14-20-10-6-7-11-21(20)16-22/h3-11,14-18H,12-13H2,1-2H3,(H,24,25)/t17-,18-/m1/s1. The summed E-state index contributed by atoms with van der Waals surface area (Å²) in [6, 6.07) is 24.4. The third-order valence-corrected chi connectivity index (χ3v) is 4.50. The maximum absolute atomic E-state index is 12.4. The van der Waals surface area contributed by atoms with E-state index >= 15 is 0 Å². The number of carbonyl (C=O) groups excluding carboxylic acids is 1. The zero-order valence-corrected chi connectivity index (χ0v) is 15.3. The van der Waals surface area contributed by atoms with Crippen molar-refractivity contribution in [3.63, 3.8) is 0 Å². The van der Waals surface area contributed by atoms with Crippen molar-refractivity contribution in [1.82, 2.24) is 5.32 Å². The van der Waals surface area contributed by atoms with Crippen LogP contribution in [-0.2, 0) is 11.2 Å². The molecular weight excluding hydrogens is 322 g/mol. The van der Waals surface area contributed by atoms with Crippen molar-refractivity contribution in [3.05, 3.63) is 78.4 Å². The smallest absolute Gasteiger partial charge is 0.260 e. The quantitative estimate of drug-likeness (QED) is 0.670. The minimum absolute atomic E-state index is 0.0845. The maximum atomic E-state index is 12.4. The summed E-state index contributed by atoms with van der Waals surface area (Å²) in [7, 11) is 0. The fourth-order valence-electron chi connectivity index (χ4n) is 2.96. The summed E-state index contributed by atoms with van der Waals surface area (Å²) in [5.74, 6) is 0.627. The maximum Gasteiger partial charge on any atom is 0.260 e. The molecule has 0 fully saturated rings. The molecule has 0 saturated carbocycles. The zero-order valence-electron chi connectivity index (χ0n) is 15.3. The highest BCUT2D eigenvalue weighted by Gasteiger charge is 2.17. The molecule has 3 nitrogen and oxygen atoms in total. The van der Waals surface area contributed by atoms with Gasteiger partial charge in [0.2, 0.25) is 0 Å². The Bertz CT molecular complexity index is 860. The van der Waals surface area contributed by atoms with E-state index in [4.69, 9.17) is 4.74 Å². The van der Waals surface area contributed by atoms with E-state index in [1.807, 2.05) is 61.5 Å². The molecule has 0 radical (unpaired) electrons. The molecule has 0 aliphatic heterocycles. The number of hydrogen-bond donors (Lipinski definition) is 1. The number of aryl methyl sites for hydroxylation is 1. The number of nitrogens with one attached hydrogen (secondary N) is 1. The Morgan fingerprint density at radius 2 is 1.62 bits per heavy atom. The molecule has 26 heavy (non-hydrogen) atoms. The third-order valence-electron chi connectivity index (χ3n) is 4.50. The summed E-state index contributed by atoms with van der Waals surface area (Å²) in [5, 5.41) is 5.31. The summed E-state index contributed by atoms with van der Waals surface area (Å²) in [4.78, 5) is 12.4. The first-order chi connectivity index (χ1) is 12.6. The summed E-state index contributed by atoms with van der Waals surface area (Å²) in [6.07, 6.45) is 1.32. The Labute approximate surface area is 155 Å². The Hall–Kier alpha value is -2.81. The predicted molar refractivity (Wildman–Crippen MR) is 106 cm³/mol. The SMILES string of the molecule is C[C@H](CCc1ccccc1)NC(=O)[C@@H](C)Oc1ccc2ccccc2c1. The average molecular weight is 347 g/mol. The first-order valence-electron chi connectivity index (χ1n) is 9.11. The van der Waals surface area contributed by atoms with Crippen LogP contribution >= 0.6 is 0 Å². The van der Waals surface area contributed by atoms with Crippen molar-refractivity contribution < 1.29 is 9.53 Å². The minimum Gasteiger partial charge on any atom is -0.481 e. The van der Waals surface area contributed by atoms with Crippen molar-refractivity contribution >= 4 is 16.7 Å². The third kappa shape index (κ3) is 4.85. The molecule has 0 aliphatic carbocycles. The van der Waals surface area contributed by atoms with Gasteiger partial charge in [-0.3, -0.25) is 4.79 Å². The van der Waals surface area contributed by atoms with E-state index in [0.29, 0.717) is 5.75 Å². The van der Waals surface area contributed by atoms with Crippen LogP contribution in [-0.4, -0.2) is 18.1 Å². The molecule has 3 heteroatoms. The number of fused-ring (bicyclic) bond motifs is 1. The second kappa shape index (κ2) is 8.52. The highest BCUT2D eigenvalue weighted by Crippen LogP contribution is 2.21. The van der Waals surface area contributed by atoms with Gasteiger partial charge in [0.05, 0.1) is 0 Å². The van der Waals surface area contributed by atoms with Gasteiger partial charge in [-0.2, -0.15) is 0 Å². The second-order valence-corrected chi connectivity index (χ2v) is 6.70. The highest BCUT2D eigenvalue weighted by atomic mass is 16.5.